The minimum atomic E-state index is 0.368. The van der Waals surface area contributed by atoms with E-state index in [1.54, 1.807) is 18.3 Å². The Hall–Kier alpha value is -1.56. The molecule has 0 aliphatic rings. The Morgan fingerprint density at radius 1 is 1.53 bits per heavy atom. The van der Waals surface area contributed by atoms with Gasteiger partial charge in [0.25, 0.3) is 0 Å². The van der Waals surface area contributed by atoms with E-state index in [1.807, 2.05) is 0 Å². The first-order valence-corrected chi connectivity index (χ1v) is 5.30. The van der Waals surface area contributed by atoms with E-state index in [-0.39, 0.29) is 0 Å². The molecule has 0 spiro atoms. The van der Waals surface area contributed by atoms with E-state index in [9.17, 15) is 0 Å². The van der Waals surface area contributed by atoms with Crippen molar-refractivity contribution in [3.05, 3.63) is 23.9 Å². The molecule has 0 radical (unpaired) electrons. The maximum atomic E-state index is 8.91. The molecule has 1 atom stereocenters. The number of pyridine rings is 1. The maximum Gasteiger partial charge on any atom is 0.144 e. The minimum absolute atomic E-state index is 0.368. The van der Waals surface area contributed by atoms with Crippen LogP contribution in [-0.2, 0) is 0 Å². The monoisotopic (exact) mass is 203 g/mol. The first-order chi connectivity index (χ1) is 7.19. The van der Waals surface area contributed by atoms with Crippen LogP contribution in [0.4, 0.5) is 5.82 Å². The lowest BCUT2D eigenvalue weighted by Gasteiger charge is -2.21. The Morgan fingerprint density at radius 2 is 2.27 bits per heavy atom. The second-order valence-corrected chi connectivity index (χ2v) is 3.91. The van der Waals surface area contributed by atoms with Gasteiger partial charge in [-0.15, -0.1) is 0 Å². The van der Waals surface area contributed by atoms with Gasteiger partial charge in [0.15, 0.2) is 0 Å². The zero-order valence-electron chi connectivity index (χ0n) is 9.49. The zero-order valence-corrected chi connectivity index (χ0v) is 9.49. The van der Waals surface area contributed by atoms with Crippen LogP contribution in [0.25, 0.3) is 0 Å². The molecule has 0 saturated heterocycles. The number of hydrogen-bond acceptors (Lipinski definition) is 3. The zero-order chi connectivity index (χ0) is 11.3. The number of aromatic nitrogens is 1. The van der Waals surface area contributed by atoms with E-state index in [1.165, 1.54) is 0 Å². The first-order valence-electron chi connectivity index (χ1n) is 5.30. The Balaban J connectivity index is 2.84. The molecule has 80 valence electrons. The molecule has 0 bridgehead atoms. The van der Waals surface area contributed by atoms with Gasteiger partial charge in [0, 0.05) is 12.2 Å². The van der Waals surface area contributed by atoms with Gasteiger partial charge in [-0.3, -0.25) is 0 Å². The molecular formula is C12H17N3. The predicted molar refractivity (Wildman–Crippen MR) is 61.5 cm³/mol. The molecule has 1 rings (SSSR count). The third-order valence-electron chi connectivity index (χ3n) is 2.49. The summed E-state index contributed by atoms with van der Waals surface area (Å²) >= 11 is 0. The van der Waals surface area contributed by atoms with Gasteiger partial charge in [-0.1, -0.05) is 20.8 Å². The fraction of sp³-hybridized carbons (Fsp3) is 0.500. The molecule has 3 heteroatoms. The van der Waals surface area contributed by atoms with Crippen molar-refractivity contribution in [2.75, 3.05) is 5.32 Å². The highest BCUT2D eigenvalue weighted by molar-refractivity contribution is 5.51. The van der Waals surface area contributed by atoms with Crippen LogP contribution in [0.5, 0.6) is 0 Å². The number of hydrogen-bond donors (Lipinski definition) is 1. The summed E-state index contributed by atoms with van der Waals surface area (Å²) in [5.41, 5.74) is 0.608. The summed E-state index contributed by atoms with van der Waals surface area (Å²) in [6.07, 6.45) is 2.73. The Kier molecular flexibility index (Phi) is 4.11. The lowest BCUT2D eigenvalue weighted by molar-refractivity contribution is 0.509. The van der Waals surface area contributed by atoms with Crippen LogP contribution < -0.4 is 5.32 Å². The third-order valence-corrected chi connectivity index (χ3v) is 2.49. The average molecular weight is 203 g/mol. The van der Waals surface area contributed by atoms with Crippen LogP contribution in [0.15, 0.2) is 18.3 Å². The summed E-state index contributed by atoms with van der Waals surface area (Å²) < 4.78 is 0. The molecule has 1 N–H and O–H groups in total. The topological polar surface area (TPSA) is 48.7 Å². The van der Waals surface area contributed by atoms with Gasteiger partial charge in [0.1, 0.15) is 11.9 Å². The molecule has 0 aliphatic heterocycles. The smallest absolute Gasteiger partial charge is 0.144 e. The van der Waals surface area contributed by atoms with Gasteiger partial charge in [0.05, 0.1) is 5.56 Å². The highest BCUT2D eigenvalue weighted by Gasteiger charge is 2.12. The molecule has 0 fully saturated rings. The van der Waals surface area contributed by atoms with Crippen LogP contribution in [-0.4, -0.2) is 11.0 Å². The van der Waals surface area contributed by atoms with Gasteiger partial charge in [-0.2, -0.15) is 5.26 Å². The molecule has 1 aromatic rings. The first kappa shape index (κ1) is 11.5. The van der Waals surface area contributed by atoms with Crippen molar-refractivity contribution < 1.29 is 0 Å². The highest BCUT2D eigenvalue weighted by Crippen LogP contribution is 2.16. The Bertz CT molecular complexity index is 352. The van der Waals surface area contributed by atoms with E-state index >= 15 is 0 Å². The lowest BCUT2D eigenvalue weighted by atomic mass is 10.0. The second kappa shape index (κ2) is 5.35. The van der Waals surface area contributed by atoms with Crippen molar-refractivity contribution in [1.82, 2.24) is 4.98 Å². The predicted octanol–water partition coefficient (Wildman–Crippen LogP) is 2.80. The van der Waals surface area contributed by atoms with E-state index < -0.39 is 0 Å². The van der Waals surface area contributed by atoms with Gasteiger partial charge in [0.2, 0.25) is 0 Å². The molecule has 0 saturated carbocycles. The maximum absolute atomic E-state index is 8.91. The van der Waals surface area contributed by atoms with Crippen molar-refractivity contribution in [3.63, 3.8) is 0 Å². The molecule has 15 heavy (non-hydrogen) atoms. The van der Waals surface area contributed by atoms with Crippen molar-refractivity contribution in [2.45, 2.75) is 33.2 Å². The lowest BCUT2D eigenvalue weighted by Crippen LogP contribution is -2.25. The van der Waals surface area contributed by atoms with E-state index in [0.29, 0.717) is 23.3 Å². The van der Waals surface area contributed by atoms with Crippen LogP contribution in [0.2, 0.25) is 0 Å². The average Bonchev–Trinajstić information content (AvgIpc) is 2.25. The molecule has 3 nitrogen and oxygen atoms in total. The van der Waals surface area contributed by atoms with Crippen molar-refractivity contribution >= 4 is 5.82 Å². The fourth-order valence-corrected chi connectivity index (χ4v) is 1.53. The highest BCUT2D eigenvalue weighted by atomic mass is 15.0. The van der Waals surface area contributed by atoms with Gasteiger partial charge in [-0.05, 0) is 24.5 Å². The quantitative estimate of drug-likeness (QED) is 0.818. The summed E-state index contributed by atoms with van der Waals surface area (Å²) in [6, 6.07) is 6.06. The third kappa shape index (κ3) is 2.95. The molecule has 0 aromatic carbocycles. The minimum Gasteiger partial charge on any atom is -0.366 e. The van der Waals surface area contributed by atoms with Crippen LogP contribution in [0, 0.1) is 17.2 Å². The van der Waals surface area contributed by atoms with E-state index in [2.05, 4.69) is 37.1 Å². The summed E-state index contributed by atoms with van der Waals surface area (Å²) in [5, 5.41) is 12.2. The number of rotatable bonds is 4. The van der Waals surface area contributed by atoms with Crippen molar-refractivity contribution in [3.8, 4) is 6.07 Å². The van der Waals surface area contributed by atoms with E-state index in [4.69, 9.17) is 5.26 Å². The van der Waals surface area contributed by atoms with Gasteiger partial charge in [-0.25, -0.2) is 4.98 Å². The number of anilines is 1. The van der Waals surface area contributed by atoms with Crippen molar-refractivity contribution in [1.29, 1.82) is 5.26 Å². The summed E-state index contributed by atoms with van der Waals surface area (Å²) in [5.74, 6) is 1.23. The largest absolute Gasteiger partial charge is 0.366 e. The van der Waals surface area contributed by atoms with Crippen molar-refractivity contribution in [2.24, 2.45) is 5.92 Å². The Morgan fingerprint density at radius 3 is 2.80 bits per heavy atom. The van der Waals surface area contributed by atoms with E-state index in [0.717, 1.165) is 6.42 Å². The number of nitrogens with one attached hydrogen (secondary N) is 1. The number of nitriles is 1. The Labute approximate surface area is 91.1 Å². The normalized spacial score (nSPS) is 12.2. The fourth-order valence-electron chi connectivity index (χ4n) is 1.53. The molecule has 1 heterocycles. The van der Waals surface area contributed by atoms with Crippen LogP contribution in [0.1, 0.15) is 32.8 Å². The number of nitrogens with zero attached hydrogens (tertiary/aromatic N) is 2. The molecule has 0 aliphatic carbocycles. The second-order valence-electron chi connectivity index (χ2n) is 3.91. The SMILES string of the molecule is CCC(Nc1ncccc1C#N)C(C)C. The summed E-state index contributed by atoms with van der Waals surface area (Å²) in [6.45, 7) is 6.46. The van der Waals surface area contributed by atoms with Crippen LogP contribution in [0.3, 0.4) is 0 Å². The summed E-state index contributed by atoms with van der Waals surface area (Å²) in [4.78, 5) is 4.19. The van der Waals surface area contributed by atoms with Gasteiger partial charge < -0.3 is 5.32 Å². The molecule has 1 aromatic heterocycles. The molecule has 0 amide bonds. The van der Waals surface area contributed by atoms with Gasteiger partial charge >= 0.3 is 0 Å². The summed E-state index contributed by atoms with van der Waals surface area (Å²) in [7, 11) is 0. The molecular weight excluding hydrogens is 186 g/mol. The molecule has 1 unspecified atom stereocenters. The standard InChI is InChI=1S/C12H17N3/c1-4-11(9(2)3)15-12-10(8-13)6-5-7-14-12/h5-7,9,11H,4H2,1-3H3,(H,14,15). The van der Waals surface area contributed by atoms with Crippen LogP contribution >= 0.6 is 0 Å².